The van der Waals surface area contributed by atoms with Crippen molar-refractivity contribution in [2.75, 3.05) is 47.5 Å². The lowest BCUT2D eigenvalue weighted by Gasteiger charge is -2.26. The van der Waals surface area contributed by atoms with Crippen LogP contribution in [0.4, 0.5) is 0 Å². The molecule has 0 fully saturated rings. The zero-order valence-electron chi connectivity index (χ0n) is 41.4. The molecule has 366 valence electrons. The van der Waals surface area contributed by atoms with E-state index in [9.17, 15) is 19.5 Å². The third-order valence-corrected chi connectivity index (χ3v) is 11.1. The molecule has 0 rings (SSSR count). The zero-order chi connectivity index (χ0) is 46.3. The molecule has 2 atom stereocenters. The lowest BCUT2D eigenvalue weighted by molar-refractivity contribution is -0.870. The fourth-order valence-corrected chi connectivity index (χ4v) is 7.14. The number of esters is 2. The van der Waals surface area contributed by atoms with E-state index >= 15 is 0 Å². The van der Waals surface area contributed by atoms with Gasteiger partial charge in [-0.15, -0.1) is 0 Å². The standard InChI is InChI=1S/C54H97NO8/c1-6-8-10-12-14-16-18-20-21-22-23-24-25-26-27-28-29-30-31-33-34-36-38-40-42-44-51(56)61-48-50(49-62-54(53(58)59)60-47-46-55(3,4)5)63-52(57)45-43-41-39-37-35-32-19-17-15-13-11-9-7-2/h9,11,15,17,32,35,39,41,50,54H,6-8,10,12-14,16,18-31,33-34,36-38,40,42-49H2,1-5H3/b11-9-,17-15-,35-32-,41-39-. The van der Waals surface area contributed by atoms with Crippen LogP contribution in [0.15, 0.2) is 48.6 Å². The zero-order valence-corrected chi connectivity index (χ0v) is 41.4. The van der Waals surface area contributed by atoms with Gasteiger partial charge in [0, 0.05) is 12.8 Å². The van der Waals surface area contributed by atoms with Crippen LogP contribution in [-0.2, 0) is 33.3 Å². The number of hydrogen-bond donors (Lipinski definition) is 0. The SMILES string of the molecule is CC/C=C\C/C=C\C/C=C\C/C=C\CCC(=O)OC(COC(=O)CCCCCCCCCCCCCCCCCCCCCCCCCCC)COC(OCC[N+](C)(C)C)C(=O)[O-]. The Bertz CT molecular complexity index is 1170. The van der Waals surface area contributed by atoms with Crippen LogP contribution < -0.4 is 5.11 Å². The summed E-state index contributed by atoms with van der Waals surface area (Å²) in [6.07, 6.45) is 51.9. The van der Waals surface area contributed by atoms with Gasteiger partial charge in [0.05, 0.1) is 40.3 Å². The summed E-state index contributed by atoms with van der Waals surface area (Å²) in [6, 6.07) is 0. The van der Waals surface area contributed by atoms with Crippen molar-refractivity contribution >= 4 is 17.9 Å². The van der Waals surface area contributed by atoms with Gasteiger partial charge in [-0.05, 0) is 38.5 Å². The Hall–Kier alpha value is -2.75. The molecule has 0 heterocycles. The molecule has 0 aliphatic rings. The van der Waals surface area contributed by atoms with Gasteiger partial charge in [0.1, 0.15) is 13.2 Å². The number of quaternary nitrogens is 1. The van der Waals surface area contributed by atoms with E-state index in [4.69, 9.17) is 18.9 Å². The average molecular weight is 888 g/mol. The monoisotopic (exact) mass is 888 g/mol. The summed E-state index contributed by atoms with van der Waals surface area (Å²) < 4.78 is 22.5. The molecule has 0 amide bonds. The van der Waals surface area contributed by atoms with Crippen LogP contribution in [0.2, 0.25) is 0 Å². The summed E-state index contributed by atoms with van der Waals surface area (Å²) in [5.74, 6) is -2.39. The number of nitrogens with zero attached hydrogens (tertiary/aromatic N) is 1. The third kappa shape index (κ3) is 47.0. The molecule has 0 saturated heterocycles. The number of allylic oxidation sites excluding steroid dienone is 8. The number of aliphatic carboxylic acids is 1. The molecule has 0 aromatic heterocycles. The predicted octanol–water partition coefficient (Wildman–Crippen LogP) is 13.0. The van der Waals surface area contributed by atoms with Gasteiger partial charge in [-0.1, -0.05) is 217 Å². The summed E-state index contributed by atoms with van der Waals surface area (Å²) in [4.78, 5) is 37.0. The molecular weight excluding hydrogens is 791 g/mol. The predicted molar refractivity (Wildman–Crippen MR) is 260 cm³/mol. The van der Waals surface area contributed by atoms with E-state index in [0.29, 0.717) is 17.4 Å². The van der Waals surface area contributed by atoms with Crippen molar-refractivity contribution in [2.24, 2.45) is 0 Å². The maximum atomic E-state index is 12.7. The highest BCUT2D eigenvalue weighted by molar-refractivity contribution is 5.70. The van der Waals surface area contributed by atoms with Gasteiger partial charge >= 0.3 is 11.9 Å². The van der Waals surface area contributed by atoms with Gasteiger partial charge in [0.25, 0.3) is 0 Å². The van der Waals surface area contributed by atoms with E-state index < -0.39 is 24.3 Å². The number of carbonyl (C=O) groups excluding carboxylic acids is 3. The Morgan fingerprint density at radius 3 is 1.32 bits per heavy atom. The smallest absolute Gasteiger partial charge is 0.306 e. The molecule has 0 N–H and O–H groups in total. The molecule has 63 heavy (non-hydrogen) atoms. The Morgan fingerprint density at radius 1 is 0.492 bits per heavy atom. The summed E-state index contributed by atoms with van der Waals surface area (Å²) in [5, 5.41) is 11.7. The first-order valence-corrected chi connectivity index (χ1v) is 25.8. The van der Waals surface area contributed by atoms with E-state index in [2.05, 4.69) is 50.3 Å². The molecule has 0 aliphatic heterocycles. The molecule has 0 aliphatic carbocycles. The first kappa shape index (κ1) is 60.2. The maximum Gasteiger partial charge on any atom is 0.306 e. The highest BCUT2D eigenvalue weighted by Crippen LogP contribution is 2.16. The van der Waals surface area contributed by atoms with Gasteiger partial charge < -0.3 is 33.3 Å². The van der Waals surface area contributed by atoms with Gasteiger partial charge in [0.2, 0.25) is 0 Å². The van der Waals surface area contributed by atoms with Gasteiger partial charge in [0.15, 0.2) is 12.4 Å². The van der Waals surface area contributed by atoms with E-state index in [1.54, 1.807) is 0 Å². The second-order valence-corrected chi connectivity index (χ2v) is 18.4. The van der Waals surface area contributed by atoms with Crippen LogP contribution in [0.25, 0.3) is 0 Å². The molecule has 0 aromatic rings. The largest absolute Gasteiger partial charge is 0.545 e. The fraction of sp³-hybridized carbons (Fsp3) is 0.796. The van der Waals surface area contributed by atoms with Crippen LogP contribution in [0.1, 0.15) is 219 Å². The van der Waals surface area contributed by atoms with Crippen molar-refractivity contribution < 1.29 is 42.9 Å². The van der Waals surface area contributed by atoms with E-state index in [1.165, 1.54) is 141 Å². The van der Waals surface area contributed by atoms with Gasteiger partial charge in [-0.25, -0.2) is 0 Å². The first-order chi connectivity index (χ1) is 30.6. The highest BCUT2D eigenvalue weighted by Gasteiger charge is 2.21. The number of carboxylic acids is 1. The second-order valence-electron chi connectivity index (χ2n) is 18.4. The fourth-order valence-electron chi connectivity index (χ4n) is 7.14. The Morgan fingerprint density at radius 2 is 0.905 bits per heavy atom. The quantitative estimate of drug-likeness (QED) is 0.0195. The van der Waals surface area contributed by atoms with E-state index in [-0.39, 0.29) is 38.6 Å². The van der Waals surface area contributed by atoms with Crippen LogP contribution in [0.5, 0.6) is 0 Å². The normalized spacial score (nSPS) is 13.2. The van der Waals surface area contributed by atoms with Crippen molar-refractivity contribution in [3.8, 4) is 0 Å². The Balaban J connectivity index is 4.24. The Kier molecular flexibility index (Phi) is 43.8. The molecule has 0 radical (unpaired) electrons. The van der Waals surface area contributed by atoms with Crippen LogP contribution >= 0.6 is 0 Å². The first-order valence-electron chi connectivity index (χ1n) is 25.8. The van der Waals surface area contributed by atoms with Crippen LogP contribution in [0, 0.1) is 0 Å². The van der Waals surface area contributed by atoms with Crippen molar-refractivity contribution in [1.29, 1.82) is 0 Å². The minimum absolute atomic E-state index is 0.127. The lowest BCUT2D eigenvalue weighted by atomic mass is 10.0. The van der Waals surface area contributed by atoms with Crippen LogP contribution in [-0.4, -0.2) is 82.3 Å². The average Bonchev–Trinajstić information content (AvgIpc) is 3.24. The molecule has 0 saturated carbocycles. The number of rotatable bonds is 47. The number of hydrogen-bond acceptors (Lipinski definition) is 8. The Labute approximate surface area is 387 Å². The maximum absolute atomic E-state index is 12.7. The van der Waals surface area contributed by atoms with Gasteiger partial charge in [-0.2, -0.15) is 0 Å². The number of likely N-dealkylation sites (N-methyl/N-ethyl adjacent to an activating group) is 1. The summed E-state index contributed by atoms with van der Waals surface area (Å²) in [5.41, 5.74) is 0. The number of ether oxygens (including phenoxy) is 4. The minimum atomic E-state index is -1.64. The molecule has 9 heteroatoms. The molecule has 0 spiro atoms. The third-order valence-electron chi connectivity index (χ3n) is 11.1. The molecule has 0 aromatic carbocycles. The minimum Gasteiger partial charge on any atom is -0.545 e. The van der Waals surface area contributed by atoms with E-state index in [1.807, 2.05) is 33.3 Å². The molecular formula is C54H97NO8. The van der Waals surface area contributed by atoms with Crippen molar-refractivity contribution in [3.63, 3.8) is 0 Å². The molecule has 2 unspecified atom stereocenters. The van der Waals surface area contributed by atoms with Crippen LogP contribution in [0.3, 0.4) is 0 Å². The summed E-state index contributed by atoms with van der Waals surface area (Å²) in [7, 11) is 5.89. The molecule has 0 bridgehead atoms. The number of carbonyl (C=O) groups is 3. The summed E-state index contributed by atoms with van der Waals surface area (Å²) in [6.45, 7) is 4.56. The van der Waals surface area contributed by atoms with Gasteiger partial charge in [-0.3, -0.25) is 9.59 Å². The van der Waals surface area contributed by atoms with Crippen molar-refractivity contribution in [3.05, 3.63) is 48.6 Å². The van der Waals surface area contributed by atoms with Crippen molar-refractivity contribution in [2.45, 2.75) is 232 Å². The number of carboxylic acid groups (broad SMARTS) is 1. The van der Waals surface area contributed by atoms with Crippen molar-refractivity contribution in [1.82, 2.24) is 0 Å². The topological polar surface area (TPSA) is 111 Å². The van der Waals surface area contributed by atoms with E-state index in [0.717, 1.165) is 44.9 Å². The second kappa shape index (κ2) is 45.8. The molecule has 9 nitrogen and oxygen atoms in total. The lowest BCUT2D eigenvalue weighted by Crippen LogP contribution is -2.44. The highest BCUT2D eigenvalue weighted by atomic mass is 16.7. The summed E-state index contributed by atoms with van der Waals surface area (Å²) >= 11 is 0. The number of unbranched alkanes of at least 4 members (excludes halogenated alkanes) is 24.